The standard InChI is InChI=1S/C15H29N3O2.2ClH/c1-12(2)18-7-4-13(5-8-18)17(3)15(19)10-14-11-16-6-9-20-14;;/h12-14,16H,4-11H2,1-3H3;2*1H. The summed E-state index contributed by atoms with van der Waals surface area (Å²) >= 11 is 0. The fourth-order valence-corrected chi connectivity index (χ4v) is 3.08. The first-order chi connectivity index (χ1) is 9.58. The minimum atomic E-state index is 0. The average molecular weight is 356 g/mol. The van der Waals surface area contributed by atoms with Crippen LogP contribution in [0.2, 0.25) is 0 Å². The third-order valence-corrected chi connectivity index (χ3v) is 4.58. The molecule has 0 aromatic rings. The molecule has 2 saturated heterocycles. The van der Waals surface area contributed by atoms with Gasteiger partial charge in [-0.15, -0.1) is 24.8 Å². The normalized spacial score (nSPS) is 23.5. The van der Waals surface area contributed by atoms with Gasteiger partial charge in [-0.1, -0.05) is 0 Å². The highest BCUT2D eigenvalue weighted by Gasteiger charge is 2.28. The van der Waals surface area contributed by atoms with Crippen LogP contribution in [0.3, 0.4) is 0 Å². The molecule has 5 nitrogen and oxygen atoms in total. The summed E-state index contributed by atoms with van der Waals surface area (Å²) in [5, 5.41) is 3.27. The van der Waals surface area contributed by atoms with Crippen molar-refractivity contribution in [3.8, 4) is 0 Å². The summed E-state index contributed by atoms with van der Waals surface area (Å²) in [6.07, 6.45) is 2.73. The number of nitrogens with zero attached hydrogens (tertiary/aromatic N) is 2. The lowest BCUT2D eigenvalue weighted by atomic mass is 10.0. The lowest BCUT2D eigenvalue weighted by Gasteiger charge is -2.39. The van der Waals surface area contributed by atoms with Gasteiger partial charge in [-0.3, -0.25) is 4.79 Å². The number of rotatable bonds is 4. The summed E-state index contributed by atoms with van der Waals surface area (Å²) in [7, 11) is 1.95. The number of hydrogen-bond acceptors (Lipinski definition) is 4. The van der Waals surface area contributed by atoms with Crippen LogP contribution in [-0.4, -0.2) is 73.7 Å². The number of nitrogens with one attached hydrogen (secondary N) is 1. The lowest BCUT2D eigenvalue weighted by Crippen LogP contribution is -2.49. The molecule has 0 radical (unpaired) electrons. The summed E-state index contributed by atoms with van der Waals surface area (Å²) in [5.74, 6) is 0.224. The predicted octanol–water partition coefficient (Wildman–Crippen LogP) is 1.54. The van der Waals surface area contributed by atoms with Crippen LogP contribution < -0.4 is 5.32 Å². The molecular formula is C15H31Cl2N3O2. The van der Waals surface area contributed by atoms with E-state index < -0.39 is 0 Å². The van der Waals surface area contributed by atoms with E-state index >= 15 is 0 Å². The minimum absolute atomic E-state index is 0. The van der Waals surface area contributed by atoms with E-state index in [1.165, 1.54) is 0 Å². The second kappa shape index (κ2) is 10.7. The van der Waals surface area contributed by atoms with Gasteiger partial charge in [-0.05, 0) is 26.7 Å². The molecular weight excluding hydrogens is 325 g/mol. The van der Waals surface area contributed by atoms with Gasteiger partial charge in [0.05, 0.1) is 19.1 Å². The zero-order chi connectivity index (χ0) is 14.5. The number of amides is 1. The molecule has 0 aromatic carbocycles. The first-order valence-electron chi connectivity index (χ1n) is 7.90. The van der Waals surface area contributed by atoms with Crippen molar-refractivity contribution in [1.29, 1.82) is 0 Å². The number of piperidine rings is 1. The number of hydrogen-bond donors (Lipinski definition) is 1. The molecule has 2 heterocycles. The molecule has 1 N–H and O–H groups in total. The minimum Gasteiger partial charge on any atom is -0.375 e. The van der Waals surface area contributed by atoms with E-state index in [0.717, 1.165) is 39.0 Å². The Morgan fingerprint density at radius 2 is 1.95 bits per heavy atom. The van der Waals surface area contributed by atoms with E-state index in [0.29, 0.717) is 25.1 Å². The Labute approximate surface area is 146 Å². The van der Waals surface area contributed by atoms with E-state index in [9.17, 15) is 4.79 Å². The molecule has 0 aromatic heterocycles. The van der Waals surface area contributed by atoms with Crippen LogP contribution in [0.1, 0.15) is 33.1 Å². The van der Waals surface area contributed by atoms with E-state index in [-0.39, 0.29) is 36.8 Å². The van der Waals surface area contributed by atoms with Crippen molar-refractivity contribution in [2.75, 3.05) is 39.8 Å². The van der Waals surface area contributed by atoms with Gasteiger partial charge in [0, 0.05) is 45.3 Å². The van der Waals surface area contributed by atoms with Gasteiger partial charge < -0.3 is 19.9 Å². The smallest absolute Gasteiger partial charge is 0.225 e. The number of halogens is 2. The summed E-state index contributed by atoms with van der Waals surface area (Å²) in [6.45, 7) is 9.09. The summed E-state index contributed by atoms with van der Waals surface area (Å²) in [6, 6.07) is 1.01. The topological polar surface area (TPSA) is 44.8 Å². The molecule has 7 heteroatoms. The van der Waals surface area contributed by atoms with Gasteiger partial charge in [0.25, 0.3) is 0 Å². The van der Waals surface area contributed by atoms with E-state index in [2.05, 4.69) is 24.1 Å². The highest BCUT2D eigenvalue weighted by atomic mass is 35.5. The Morgan fingerprint density at radius 1 is 1.32 bits per heavy atom. The molecule has 2 aliphatic heterocycles. The van der Waals surface area contributed by atoms with Crippen molar-refractivity contribution in [2.24, 2.45) is 0 Å². The number of carbonyl (C=O) groups is 1. The largest absolute Gasteiger partial charge is 0.375 e. The molecule has 0 bridgehead atoms. The number of likely N-dealkylation sites (tertiary alicyclic amines) is 1. The van der Waals surface area contributed by atoms with Crippen LogP contribution in [0.5, 0.6) is 0 Å². The number of morpholine rings is 1. The average Bonchev–Trinajstić information content (AvgIpc) is 2.47. The second-order valence-electron chi connectivity index (χ2n) is 6.27. The first-order valence-corrected chi connectivity index (χ1v) is 7.90. The van der Waals surface area contributed by atoms with Gasteiger partial charge in [-0.2, -0.15) is 0 Å². The van der Waals surface area contributed by atoms with Crippen LogP contribution in [0.4, 0.5) is 0 Å². The SMILES string of the molecule is CC(C)N1CCC(N(C)C(=O)CC2CNCCO2)CC1.Cl.Cl. The summed E-state index contributed by atoms with van der Waals surface area (Å²) in [4.78, 5) is 16.8. The molecule has 22 heavy (non-hydrogen) atoms. The quantitative estimate of drug-likeness (QED) is 0.830. The maximum Gasteiger partial charge on any atom is 0.225 e. The van der Waals surface area contributed by atoms with Crippen LogP contribution >= 0.6 is 24.8 Å². The highest BCUT2D eigenvalue weighted by molar-refractivity contribution is 5.85. The molecule has 0 spiro atoms. The Balaban J connectivity index is 0.00000220. The molecule has 132 valence electrons. The molecule has 1 unspecified atom stereocenters. The molecule has 2 rings (SSSR count). The monoisotopic (exact) mass is 355 g/mol. The fourth-order valence-electron chi connectivity index (χ4n) is 3.08. The molecule has 1 amide bonds. The van der Waals surface area contributed by atoms with Crippen molar-refractivity contribution in [3.63, 3.8) is 0 Å². The lowest BCUT2D eigenvalue weighted by molar-refractivity contribution is -0.136. The van der Waals surface area contributed by atoms with Gasteiger partial charge >= 0.3 is 0 Å². The van der Waals surface area contributed by atoms with Gasteiger partial charge in [0.1, 0.15) is 0 Å². The Hall–Kier alpha value is -0.0700. The van der Waals surface area contributed by atoms with Gasteiger partial charge in [0.15, 0.2) is 0 Å². The van der Waals surface area contributed by atoms with Crippen LogP contribution in [0.25, 0.3) is 0 Å². The van der Waals surface area contributed by atoms with E-state index in [1.807, 2.05) is 11.9 Å². The third kappa shape index (κ3) is 6.20. The molecule has 2 fully saturated rings. The predicted molar refractivity (Wildman–Crippen MR) is 94.2 cm³/mol. The maximum atomic E-state index is 12.3. The summed E-state index contributed by atoms with van der Waals surface area (Å²) in [5.41, 5.74) is 0. The van der Waals surface area contributed by atoms with Crippen molar-refractivity contribution >= 4 is 30.7 Å². The van der Waals surface area contributed by atoms with Crippen molar-refractivity contribution in [2.45, 2.75) is 51.3 Å². The zero-order valence-electron chi connectivity index (χ0n) is 13.9. The van der Waals surface area contributed by atoms with Crippen molar-refractivity contribution in [1.82, 2.24) is 15.1 Å². The first kappa shape index (κ1) is 21.9. The Bertz CT molecular complexity index is 318. The number of carbonyl (C=O) groups excluding carboxylic acids is 1. The molecule has 1 atom stereocenters. The Morgan fingerprint density at radius 3 is 2.45 bits per heavy atom. The fraction of sp³-hybridized carbons (Fsp3) is 0.933. The zero-order valence-corrected chi connectivity index (χ0v) is 15.5. The van der Waals surface area contributed by atoms with Crippen LogP contribution in [-0.2, 0) is 9.53 Å². The second-order valence-corrected chi connectivity index (χ2v) is 6.27. The maximum absolute atomic E-state index is 12.3. The highest BCUT2D eigenvalue weighted by Crippen LogP contribution is 2.18. The van der Waals surface area contributed by atoms with Crippen LogP contribution in [0, 0.1) is 0 Å². The van der Waals surface area contributed by atoms with E-state index in [4.69, 9.17) is 4.74 Å². The molecule has 0 saturated carbocycles. The Kier molecular flexibility index (Phi) is 10.6. The van der Waals surface area contributed by atoms with Crippen LogP contribution in [0.15, 0.2) is 0 Å². The van der Waals surface area contributed by atoms with Crippen molar-refractivity contribution < 1.29 is 9.53 Å². The molecule has 2 aliphatic rings. The third-order valence-electron chi connectivity index (χ3n) is 4.58. The van der Waals surface area contributed by atoms with Gasteiger partial charge in [0.2, 0.25) is 5.91 Å². The van der Waals surface area contributed by atoms with Gasteiger partial charge in [-0.25, -0.2) is 0 Å². The molecule has 0 aliphatic carbocycles. The van der Waals surface area contributed by atoms with E-state index in [1.54, 1.807) is 0 Å². The van der Waals surface area contributed by atoms with Crippen molar-refractivity contribution in [3.05, 3.63) is 0 Å². The summed E-state index contributed by atoms with van der Waals surface area (Å²) < 4.78 is 5.62. The number of ether oxygens (including phenoxy) is 1.